The number of anilines is 1. The van der Waals surface area contributed by atoms with Crippen molar-refractivity contribution >= 4 is 30.6 Å². The summed E-state index contributed by atoms with van der Waals surface area (Å²) in [6.07, 6.45) is 1.18. The van der Waals surface area contributed by atoms with Gasteiger partial charge in [0.15, 0.2) is 0 Å². The third kappa shape index (κ3) is 3.16. The summed E-state index contributed by atoms with van der Waals surface area (Å²) >= 11 is 0. The number of piperidine rings is 1. The van der Waals surface area contributed by atoms with E-state index in [4.69, 9.17) is 5.73 Å². The fraction of sp³-hybridized carbons (Fsp3) is 0.412. The summed E-state index contributed by atoms with van der Waals surface area (Å²) in [5.41, 5.74) is 9.78. The van der Waals surface area contributed by atoms with E-state index in [2.05, 4.69) is 16.4 Å². The fourth-order valence-corrected chi connectivity index (χ4v) is 3.85. The molecule has 0 saturated carbocycles. The van der Waals surface area contributed by atoms with Gasteiger partial charge in [-0.2, -0.15) is 0 Å². The predicted molar refractivity (Wildman–Crippen MR) is 101 cm³/mol. The van der Waals surface area contributed by atoms with Crippen LogP contribution in [-0.2, 0) is 6.54 Å². The topological polar surface area (TPSA) is 72.9 Å². The van der Waals surface area contributed by atoms with Crippen molar-refractivity contribution in [1.82, 2.24) is 14.9 Å². The molecule has 0 aliphatic carbocycles. The van der Waals surface area contributed by atoms with Crippen molar-refractivity contribution in [1.29, 1.82) is 0 Å². The van der Waals surface area contributed by atoms with Crippen molar-refractivity contribution in [3.05, 3.63) is 46.0 Å². The summed E-state index contributed by atoms with van der Waals surface area (Å²) in [7, 11) is 0. The zero-order chi connectivity index (χ0) is 15.3. The second kappa shape index (κ2) is 7.13. The number of nitrogens with two attached hydrogens (primary N) is 1. The normalized spacial score (nSPS) is 21.2. The average molecular weight is 369 g/mol. The monoisotopic (exact) mass is 368 g/mol. The molecular weight excluding hydrogens is 347 g/mol. The van der Waals surface area contributed by atoms with Crippen LogP contribution in [-0.4, -0.2) is 22.6 Å². The lowest BCUT2D eigenvalue weighted by Gasteiger charge is -2.37. The van der Waals surface area contributed by atoms with Crippen LogP contribution in [0.3, 0.4) is 0 Å². The highest BCUT2D eigenvalue weighted by molar-refractivity contribution is 5.85. The Bertz CT molecular complexity index is 806. The molecule has 0 aromatic carbocycles. The van der Waals surface area contributed by atoms with Gasteiger partial charge < -0.3 is 15.6 Å². The van der Waals surface area contributed by atoms with Crippen LogP contribution in [0.4, 0.5) is 5.82 Å². The van der Waals surface area contributed by atoms with Crippen molar-refractivity contribution in [3.8, 4) is 11.1 Å². The molecule has 24 heavy (non-hydrogen) atoms. The van der Waals surface area contributed by atoms with Gasteiger partial charge in [0.25, 0.3) is 5.56 Å². The molecule has 0 amide bonds. The molecule has 5 nitrogen and oxygen atoms in total. The standard InChI is InChI=1S/C17H20N4O.2ClH/c1-10-14(2-3-16(18)20-10)12-5-15-13-4-11(7-19-8-13)9-21(15)17(22)6-12;;/h2-3,5-6,11,13,19H,4,7-9H2,1H3,(H2,18,20);2*1H/t11-,13+;;/m0../s1. The summed E-state index contributed by atoms with van der Waals surface area (Å²) < 4.78 is 1.96. The first-order chi connectivity index (χ1) is 10.6. The lowest BCUT2D eigenvalue weighted by molar-refractivity contribution is 0.257. The Labute approximate surface area is 153 Å². The van der Waals surface area contributed by atoms with Crippen LogP contribution in [0.25, 0.3) is 11.1 Å². The fourth-order valence-electron chi connectivity index (χ4n) is 3.85. The first kappa shape index (κ1) is 18.8. The molecule has 0 radical (unpaired) electrons. The van der Waals surface area contributed by atoms with Crippen molar-refractivity contribution in [2.75, 3.05) is 18.8 Å². The van der Waals surface area contributed by atoms with Gasteiger partial charge in [0.1, 0.15) is 5.82 Å². The largest absolute Gasteiger partial charge is 0.384 e. The smallest absolute Gasteiger partial charge is 0.251 e. The minimum Gasteiger partial charge on any atom is -0.384 e. The van der Waals surface area contributed by atoms with Gasteiger partial charge in [0, 0.05) is 42.0 Å². The molecule has 4 heterocycles. The molecule has 2 atom stereocenters. The Morgan fingerprint density at radius 3 is 2.79 bits per heavy atom. The quantitative estimate of drug-likeness (QED) is 0.810. The summed E-state index contributed by atoms with van der Waals surface area (Å²) in [4.78, 5) is 16.9. The molecule has 1 saturated heterocycles. The third-order valence-corrected chi connectivity index (χ3v) is 4.88. The van der Waals surface area contributed by atoms with Gasteiger partial charge in [0.05, 0.1) is 0 Å². The number of pyridine rings is 2. The van der Waals surface area contributed by atoms with Crippen molar-refractivity contribution in [2.24, 2.45) is 5.92 Å². The van der Waals surface area contributed by atoms with Gasteiger partial charge >= 0.3 is 0 Å². The number of halogens is 2. The van der Waals surface area contributed by atoms with Gasteiger partial charge in [-0.25, -0.2) is 4.98 Å². The van der Waals surface area contributed by atoms with E-state index in [9.17, 15) is 4.79 Å². The Hall–Kier alpha value is -1.56. The Morgan fingerprint density at radius 1 is 1.25 bits per heavy atom. The summed E-state index contributed by atoms with van der Waals surface area (Å²) in [5, 5.41) is 3.48. The molecule has 2 aromatic heterocycles. The zero-order valence-corrected chi connectivity index (χ0v) is 15.1. The molecule has 0 spiro atoms. The highest BCUT2D eigenvalue weighted by Crippen LogP contribution is 2.34. The molecule has 2 bridgehead atoms. The minimum atomic E-state index is 0. The molecule has 7 heteroatoms. The SMILES string of the molecule is Cc1nc(N)ccc1-c1cc2n(c(=O)c1)C[C@@H]1CNC[C@H]2C1.Cl.Cl. The average Bonchev–Trinajstić information content (AvgIpc) is 2.49. The van der Waals surface area contributed by atoms with Crippen molar-refractivity contribution < 1.29 is 0 Å². The van der Waals surface area contributed by atoms with Crippen LogP contribution in [0, 0.1) is 12.8 Å². The van der Waals surface area contributed by atoms with E-state index in [1.807, 2.05) is 17.6 Å². The molecule has 2 aliphatic heterocycles. The van der Waals surface area contributed by atoms with Gasteiger partial charge in [0.2, 0.25) is 0 Å². The maximum absolute atomic E-state index is 12.6. The maximum Gasteiger partial charge on any atom is 0.251 e. The molecule has 0 unspecified atom stereocenters. The number of nitrogens with one attached hydrogen (secondary N) is 1. The minimum absolute atomic E-state index is 0. The lowest BCUT2D eigenvalue weighted by Crippen LogP contribution is -2.44. The first-order valence-electron chi connectivity index (χ1n) is 7.81. The summed E-state index contributed by atoms with van der Waals surface area (Å²) in [5.74, 6) is 1.52. The Morgan fingerprint density at radius 2 is 2.04 bits per heavy atom. The van der Waals surface area contributed by atoms with E-state index >= 15 is 0 Å². The molecule has 1 fully saturated rings. The van der Waals surface area contributed by atoms with Crippen LogP contribution >= 0.6 is 24.8 Å². The Kier molecular flexibility index (Phi) is 5.58. The number of rotatable bonds is 1. The highest BCUT2D eigenvalue weighted by Gasteiger charge is 2.31. The first-order valence-corrected chi connectivity index (χ1v) is 7.81. The number of hydrogen-bond acceptors (Lipinski definition) is 4. The number of aryl methyl sites for hydroxylation is 1. The van der Waals surface area contributed by atoms with Gasteiger partial charge in [-0.3, -0.25) is 4.79 Å². The van der Waals surface area contributed by atoms with E-state index in [0.29, 0.717) is 17.7 Å². The lowest BCUT2D eigenvalue weighted by atomic mass is 9.83. The number of nitrogens with zero attached hydrogens (tertiary/aromatic N) is 2. The Balaban J connectivity index is 0.00000104. The van der Waals surface area contributed by atoms with Crippen molar-refractivity contribution in [3.63, 3.8) is 0 Å². The van der Waals surface area contributed by atoms with Crippen LogP contribution in [0.15, 0.2) is 29.1 Å². The van der Waals surface area contributed by atoms with E-state index < -0.39 is 0 Å². The van der Waals surface area contributed by atoms with Gasteiger partial charge in [-0.1, -0.05) is 0 Å². The zero-order valence-electron chi connectivity index (χ0n) is 13.5. The second-order valence-corrected chi connectivity index (χ2v) is 6.44. The summed E-state index contributed by atoms with van der Waals surface area (Å²) in [6.45, 7) is 4.74. The third-order valence-electron chi connectivity index (χ3n) is 4.88. The van der Waals surface area contributed by atoms with Crippen LogP contribution in [0.5, 0.6) is 0 Å². The van der Waals surface area contributed by atoms with Crippen LogP contribution in [0.2, 0.25) is 0 Å². The van der Waals surface area contributed by atoms with E-state index in [0.717, 1.165) is 42.1 Å². The summed E-state index contributed by atoms with van der Waals surface area (Å²) in [6, 6.07) is 7.64. The molecule has 2 aromatic rings. The van der Waals surface area contributed by atoms with E-state index in [1.54, 1.807) is 12.1 Å². The van der Waals surface area contributed by atoms with Gasteiger partial charge in [-0.15, -0.1) is 24.8 Å². The predicted octanol–water partition coefficient (Wildman–Crippen LogP) is 2.35. The number of hydrogen-bond donors (Lipinski definition) is 2. The molecular formula is C17H22Cl2N4O. The van der Waals surface area contributed by atoms with Crippen molar-refractivity contribution in [2.45, 2.75) is 25.8 Å². The number of fused-ring (bicyclic) bond motifs is 4. The number of aromatic nitrogens is 2. The molecule has 130 valence electrons. The molecule has 3 N–H and O–H groups in total. The maximum atomic E-state index is 12.6. The second-order valence-electron chi connectivity index (χ2n) is 6.44. The number of nitrogen functional groups attached to an aromatic ring is 1. The highest BCUT2D eigenvalue weighted by atomic mass is 35.5. The van der Waals surface area contributed by atoms with Gasteiger partial charge in [-0.05, 0) is 49.6 Å². The van der Waals surface area contributed by atoms with E-state index in [-0.39, 0.29) is 30.4 Å². The van der Waals surface area contributed by atoms with E-state index in [1.165, 1.54) is 6.42 Å². The molecule has 2 aliphatic rings. The van der Waals surface area contributed by atoms with Crippen LogP contribution < -0.4 is 16.6 Å². The molecule has 4 rings (SSSR count). The van der Waals surface area contributed by atoms with Crippen LogP contribution in [0.1, 0.15) is 23.7 Å².